The zero-order valence-electron chi connectivity index (χ0n) is 11.5. The fraction of sp³-hybridized carbons (Fsp3) is 0.176. The molecule has 1 heterocycles. The van der Waals surface area contributed by atoms with Gasteiger partial charge in [-0.25, -0.2) is 0 Å². The molecule has 3 nitrogen and oxygen atoms in total. The number of carbonyl (C=O) groups is 1. The monoisotopic (exact) mass is 340 g/mol. The van der Waals surface area contributed by atoms with Crippen LogP contribution in [0.1, 0.15) is 12.0 Å². The first-order valence-electron chi connectivity index (χ1n) is 6.64. The van der Waals surface area contributed by atoms with Crippen molar-refractivity contribution in [2.75, 3.05) is 7.05 Å². The minimum Gasteiger partial charge on any atom is -0.342 e. The normalized spacial score (nSPS) is 21.5. The van der Waals surface area contributed by atoms with Crippen LogP contribution in [0.4, 0.5) is 0 Å². The molecule has 1 aromatic carbocycles. The Kier molecular flexibility index (Phi) is 3.52. The number of ketones is 1. The summed E-state index contributed by atoms with van der Waals surface area (Å²) >= 11 is 3.40. The Labute approximate surface area is 132 Å². The quantitative estimate of drug-likeness (QED) is 0.736. The Morgan fingerprint density at radius 3 is 2.71 bits per heavy atom. The molecule has 21 heavy (non-hydrogen) atoms. The third kappa shape index (κ3) is 2.34. The average Bonchev–Trinajstić information content (AvgIpc) is 2.49. The molecule has 0 aromatic heterocycles. The summed E-state index contributed by atoms with van der Waals surface area (Å²) in [6, 6.07) is 12.1. The minimum atomic E-state index is -0.285. The van der Waals surface area contributed by atoms with Gasteiger partial charge in [-0.2, -0.15) is 5.26 Å². The molecule has 0 spiro atoms. The van der Waals surface area contributed by atoms with Gasteiger partial charge in [-0.3, -0.25) is 4.79 Å². The first-order chi connectivity index (χ1) is 10.1. The molecule has 4 heteroatoms. The van der Waals surface area contributed by atoms with E-state index >= 15 is 0 Å². The number of rotatable bonds is 1. The lowest BCUT2D eigenvalue weighted by atomic mass is 9.82. The van der Waals surface area contributed by atoms with E-state index in [1.165, 1.54) is 0 Å². The Hall–Kier alpha value is -2.12. The van der Waals surface area contributed by atoms with Crippen molar-refractivity contribution in [2.45, 2.75) is 11.2 Å². The molecular weight excluding hydrogens is 328 g/mol. The number of carbonyl (C=O) groups excluding carboxylic acids is 1. The van der Waals surface area contributed by atoms with Gasteiger partial charge >= 0.3 is 0 Å². The Balaban J connectivity index is 2.24. The summed E-state index contributed by atoms with van der Waals surface area (Å²) < 4.78 is 0. The molecule has 1 atom stereocenters. The fourth-order valence-electron chi connectivity index (χ4n) is 2.72. The smallest absolute Gasteiger partial charge is 0.154 e. The summed E-state index contributed by atoms with van der Waals surface area (Å²) in [5.41, 5.74) is 4.44. The second-order valence-corrected chi connectivity index (χ2v) is 6.08. The predicted octanol–water partition coefficient (Wildman–Crippen LogP) is 3.41. The van der Waals surface area contributed by atoms with Crippen molar-refractivity contribution in [2.24, 2.45) is 0 Å². The van der Waals surface area contributed by atoms with E-state index in [0.29, 0.717) is 12.1 Å². The summed E-state index contributed by atoms with van der Waals surface area (Å²) in [7, 11) is 1.84. The van der Waals surface area contributed by atoms with E-state index in [-0.39, 0.29) is 10.6 Å². The van der Waals surface area contributed by atoms with Gasteiger partial charge in [-0.1, -0.05) is 52.3 Å². The maximum absolute atomic E-state index is 11.9. The zero-order chi connectivity index (χ0) is 15.0. The van der Waals surface area contributed by atoms with E-state index in [9.17, 15) is 10.1 Å². The highest BCUT2D eigenvalue weighted by molar-refractivity contribution is 9.10. The number of alkyl halides is 1. The van der Waals surface area contributed by atoms with Crippen molar-refractivity contribution < 1.29 is 4.79 Å². The van der Waals surface area contributed by atoms with Gasteiger partial charge < -0.3 is 4.90 Å². The number of allylic oxidation sites excluding steroid dienone is 5. The van der Waals surface area contributed by atoms with Crippen molar-refractivity contribution in [3.05, 3.63) is 65.0 Å². The number of nitriles is 1. The summed E-state index contributed by atoms with van der Waals surface area (Å²) in [6.07, 6.45) is 4.18. The number of benzene rings is 1. The predicted molar refractivity (Wildman–Crippen MR) is 85.2 cm³/mol. The zero-order valence-corrected chi connectivity index (χ0v) is 13.1. The van der Waals surface area contributed by atoms with Gasteiger partial charge in [0, 0.05) is 25.2 Å². The van der Waals surface area contributed by atoms with Crippen LogP contribution in [0.3, 0.4) is 0 Å². The fourth-order valence-corrected chi connectivity index (χ4v) is 3.15. The maximum atomic E-state index is 11.9. The van der Waals surface area contributed by atoms with E-state index in [2.05, 4.69) is 22.0 Å². The first-order valence-corrected chi connectivity index (χ1v) is 7.56. The molecule has 1 aromatic rings. The van der Waals surface area contributed by atoms with Crippen LogP contribution in [0.2, 0.25) is 0 Å². The van der Waals surface area contributed by atoms with Gasteiger partial charge in [-0.15, -0.1) is 0 Å². The van der Waals surface area contributed by atoms with Crippen molar-refractivity contribution in [1.29, 1.82) is 5.26 Å². The van der Waals surface area contributed by atoms with Crippen LogP contribution in [-0.4, -0.2) is 22.6 Å². The van der Waals surface area contributed by atoms with Gasteiger partial charge in [0.05, 0.1) is 4.83 Å². The average molecular weight is 341 g/mol. The molecule has 0 N–H and O–H groups in total. The van der Waals surface area contributed by atoms with E-state index in [4.69, 9.17) is 0 Å². The van der Waals surface area contributed by atoms with Crippen LogP contribution < -0.4 is 0 Å². The molecule has 0 radical (unpaired) electrons. The number of Topliss-reactive ketones (excluding diaryl/α,β-unsaturated/α-hetero) is 1. The van der Waals surface area contributed by atoms with E-state index < -0.39 is 0 Å². The van der Waals surface area contributed by atoms with Gasteiger partial charge in [0.25, 0.3) is 0 Å². The van der Waals surface area contributed by atoms with Gasteiger partial charge in [-0.05, 0) is 16.7 Å². The minimum absolute atomic E-state index is 0.145. The van der Waals surface area contributed by atoms with Crippen molar-refractivity contribution in [3.63, 3.8) is 0 Å². The van der Waals surface area contributed by atoms with Gasteiger partial charge in [0.15, 0.2) is 5.78 Å². The lowest BCUT2D eigenvalue weighted by Crippen LogP contribution is -2.25. The highest BCUT2D eigenvalue weighted by atomic mass is 79.9. The van der Waals surface area contributed by atoms with Crippen LogP contribution >= 0.6 is 15.9 Å². The largest absolute Gasteiger partial charge is 0.342 e. The number of hydrogen-bond donors (Lipinski definition) is 0. The van der Waals surface area contributed by atoms with Gasteiger partial charge in [0.2, 0.25) is 0 Å². The van der Waals surface area contributed by atoms with Gasteiger partial charge in [0.1, 0.15) is 11.8 Å². The van der Waals surface area contributed by atoms with E-state index in [1.807, 2.05) is 49.7 Å². The summed E-state index contributed by atoms with van der Waals surface area (Å²) in [4.78, 5) is 13.4. The molecule has 1 unspecified atom stereocenters. The summed E-state index contributed by atoms with van der Waals surface area (Å²) in [5.74, 6) is 0.145. The highest BCUT2D eigenvalue weighted by Gasteiger charge is 2.31. The maximum Gasteiger partial charge on any atom is 0.154 e. The molecule has 2 aliphatic rings. The molecular formula is C17H13BrN2O. The first kappa shape index (κ1) is 13.8. The third-order valence-electron chi connectivity index (χ3n) is 3.71. The standard InChI is InChI=1S/C17H13BrN2O/c1-20-10-12-7-16(21)14(18)8-13(12)17(15(20)9-19)11-5-3-2-4-6-11/h2-6,8,10,14H,7H2,1H3. The van der Waals surface area contributed by atoms with E-state index in [1.54, 1.807) is 4.90 Å². The second kappa shape index (κ2) is 5.34. The topological polar surface area (TPSA) is 44.1 Å². The second-order valence-electron chi connectivity index (χ2n) is 5.09. The van der Waals surface area contributed by atoms with Crippen LogP contribution in [0.25, 0.3) is 5.57 Å². The van der Waals surface area contributed by atoms with Crippen LogP contribution in [-0.2, 0) is 4.79 Å². The SMILES string of the molecule is CN1C=C2CC(=O)C(Br)C=C2C(c2ccccc2)=C1C#N. The Bertz CT molecular complexity index is 738. The Morgan fingerprint density at radius 1 is 1.33 bits per heavy atom. The molecule has 1 aliphatic heterocycles. The number of nitrogens with zero attached hydrogens (tertiary/aromatic N) is 2. The molecule has 0 saturated carbocycles. The highest BCUT2D eigenvalue weighted by Crippen LogP contribution is 2.41. The van der Waals surface area contributed by atoms with Crippen LogP contribution in [0.5, 0.6) is 0 Å². The molecule has 0 bridgehead atoms. The molecule has 3 rings (SSSR count). The van der Waals surface area contributed by atoms with E-state index in [0.717, 1.165) is 22.3 Å². The van der Waals surface area contributed by atoms with Crippen molar-refractivity contribution in [1.82, 2.24) is 4.90 Å². The number of halogens is 1. The van der Waals surface area contributed by atoms with Crippen molar-refractivity contribution >= 4 is 27.3 Å². The number of fused-ring (bicyclic) bond motifs is 1. The molecule has 0 fully saturated rings. The molecule has 104 valence electrons. The van der Waals surface area contributed by atoms with Crippen LogP contribution in [0, 0.1) is 11.3 Å². The Morgan fingerprint density at radius 2 is 2.05 bits per heavy atom. The summed E-state index contributed by atoms with van der Waals surface area (Å²) in [6.45, 7) is 0. The van der Waals surface area contributed by atoms with Crippen molar-refractivity contribution in [3.8, 4) is 6.07 Å². The lowest BCUT2D eigenvalue weighted by Gasteiger charge is -2.30. The molecule has 0 saturated heterocycles. The van der Waals surface area contributed by atoms with Crippen LogP contribution in [0.15, 0.2) is 59.5 Å². The summed E-state index contributed by atoms with van der Waals surface area (Å²) in [5, 5.41) is 9.52. The lowest BCUT2D eigenvalue weighted by molar-refractivity contribution is -0.117. The molecule has 0 amide bonds. The number of hydrogen-bond acceptors (Lipinski definition) is 3. The molecule has 1 aliphatic carbocycles. The third-order valence-corrected chi connectivity index (χ3v) is 4.48.